The van der Waals surface area contributed by atoms with E-state index in [1.54, 1.807) is 7.11 Å². The molecular formula is C19H19N3O2S. The van der Waals surface area contributed by atoms with Gasteiger partial charge in [-0.25, -0.2) is 14.2 Å². The van der Waals surface area contributed by atoms with Crippen molar-refractivity contribution in [3.8, 4) is 5.88 Å². The summed E-state index contributed by atoms with van der Waals surface area (Å²) >= 11 is 0. The number of aromatic nitrogens is 2. The van der Waals surface area contributed by atoms with Crippen LogP contribution in [0.5, 0.6) is 5.88 Å². The fraction of sp³-hybridized carbons (Fsp3) is 0.263. The molecule has 3 heterocycles. The third kappa shape index (κ3) is 3.22. The lowest BCUT2D eigenvalue weighted by atomic mass is 10.1. The van der Waals surface area contributed by atoms with Crippen molar-refractivity contribution >= 4 is 27.7 Å². The lowest BCUT2D eigenvalue weighted by molar-refractivity contribution is 0.395. The molecule has 5 nitrogen and oxygen atoms in total. The van der Waals surface area contributed by atoms with Gasteiger partial charge in [0.25, 0.3) is 0 Å². The summed E-state index contributed by atoms with van der Waals surface area (Å²) in [4.78, 5) is 9.09. The molecule has 1 atom stereocenters. The minimum atomic E-state index is -0.936. The minimum absolute atomic E-state index is 0.642. The summed E-state index contributed by atoms with van der Waals surface area (Å²) < 4.78 is 19.3. The second kappa shape index (κ2) is 6.80. The number of para-hydroxylation sites is 1. The number of anilines is 1. The van der Waals surface area contributed by atoms with E-state index in [1.165, 1.54) is 0 Å². The molecule has 1 aliphatic rings. The molecule has 3 aromatic rings. The molecule has 128 valence electrons. The molecule has 0 radical (unpaired) electrons. The fourth-order valence-corrected chi connectivity index (χ4v) is 4.34. The number of ether oxygens (including phenoxy) is 1. The molecule has 0 amide bonds. The average Bonchev–Trinajstić information content (AvgIpc) is 3.08. The molecule has 0 spiro atoms. The predicted molar refractivity (Wildman–Crippen MR) is 100 cm³/mol. The highest BCUT2D eigenvalue weighted by Gasteiger charge is 2.21. The number of benzene rings is 1. The smallest absolute Gasteiger partial charge is 0.217 e. The standard InChI is InChI=1S/C19H19N3O2S/c1-24-19-16(12-15-5-2-3-6-17(15)21-19)11-14-7-8-18(20-13-14)22-9-4-10-25(22)23/h2-3,5-8,12-13H,4,9-11H2,1H3. The Morgan fingerprint density at radius 2 is 2.12 bits per heavy atom. The zero-order valence-corrected chi connectivity index (χ0v) is 14.8. The molecule has 0 N–H and O–H groups in total. The van der Waals surface area contributed by atoms with Crippen LogP contribution in [0.1, 0.15) is 17.5 Å². The molecule has 1 unspecified atom stereocenters. The summed E-state index contributed by atoms with van der Waals surface area (Å²) in [7, 11) is 0.707. The first-order chi connectivity index (χ1) is 12.2. The van der Waals surface area contributed by atoms with Crippen LogP contribution in [0.3, 0.4) is 0 Å². The minimum Gasteiger partial charge on any atom is -0.481 e. The topological polar surface area (TPSA) is 55.3 Å². The van der Waals surface area contributed by atoms with Crippen molar-refractivity contribution in [3.05, 3.63) is 59.8 Å². The van der Waals surface area contributed by atoms with Gasteiger partial charge in [-0.2, -0.15) is 0 Å². The number of pyridine rings is 2. The van der Waals surface area contributed by atoms with Crippen molar-refractivity contribution in [2.24, 2.45) is 0 Å². The highest BCUT2D eigenvalue weighted by molar-refractivity contribution is 7.86. The van der Waals surface area contributed by atoms with E-state index < -0.39 is 11.0 Å². The predicted octanol–water partition coefficient (Wildman–Crippen LogP) is 3.10. The summed E-state index contributed by atoms with van der Waals surface area (Å²) in [5.74, 6) is 2.15. The Morgan fingerprint density at radius 3 is 2.84 bits per heavy atom. The number of hydrogen-bond donors (Lipinski definition) is 0. The summed E-state index contributed by atoms with van der Waals surface area (Å²) in [5, 5.41) is 1.09. The molecule has 0 aliphatic carbocycles. The number of fused-ring (bicyclic) bond motifs is 1. The second-order valence-corrected chi connectivity index (χ2v) is 7.52. The van der Waals surface area contributed by atoms with Gasteiger partial charge in [0, 0.05) is 35.9 Å². The quantitative estimate of drug-likeness (QED) is 0.723. The van der Waals surface area contributed by atoms with E-state index in [9.17, 15) is 4.21 Å². The lowest BCUT2D eigenvalue weighted by Crippen LogP contribution is -2.20. The van der Waals surface area contributed by atoms with Gasteiger partial charge in [-0.1, -0.05) is 24.3 Å². The van der Waals surface area contributed by atoms with Crippen molar-refractivity contribution in [1.82, 2.24) is 9.97 Å². The van der Waals surface area contributed by atoms with E-state index >= 15 is 0 Å². The molecule has 4 rings (SSSR count). The van der Waals surface area contributed by atoms with E-state index in [4.69, 9.17) is 4.74 Å². The molecular weight excluding hydrogens is 334 g/mol. The van der Waals surface area contributed by atoms with E-state index in [-0.39, 0.29) is 0 Å². The van der Waals surface area contributed by atoms with E-state index in [0.29, 0.717) is 12.3 Å². The Hall–Kier alpha value is -2.47. The van der Waals surface area contributed by atoms with Crippen molar-refractivity contribution in [2.45, 2.75) is 12.8 Å². The Kier molecular flexibility index (Phi) is 4.36. The number of methoxy groups -OCH3 is 1. The van der Waals surface area contributed by atoms with E-state index in [2.05, 4.69) is 22.1 Å². The number of hydrogen-bond acceptors (Lipinski definition) is 4. The van der Waals surface area contributed by atoms with Gasteiger partial charge in [0.05, 0.1) is 12.6 Å². The summed E-state index contributed by atoms with van der Waals surface area (Å²) in [6.07, 6.45) is 3.49. The Bertz CT molecular complexity index is 928. The molecule has 6 heteroatoms. The third-order valence-corrected chi connectivity index (χ3v) is 5.84. The summed E-state index contributed by atoms with van der Waals surface area (Å²) in [6.45, 7) is 0.807. The first kappa shape index (κ1) is 16.0. The molecule has 1 aliphatic heterocycles. The third-order valence-electron chi connectivity index (χ3n) is 4.34. The Balaban J connectivity index is 1.61. The van der Waals surface area contributed by atoms with Crippen molar-refractivity contribution in [2.75, 3.05) is 23.7 Å². The van der Waals surface area contributed by atoms with Crippen molar-refractivity contribution < 1.29 is 8.95 Å². The van der Waals surface area contributed by atoms with Gasteiger partial charge in [-0.15, -0.1) is 0 Å². The van der Waals surface area contributed by atoms with Crippen LogP contribution >= 0.6 is 0 Å². The van der Waals surface area contributed by atoms with Crippen LogP contribution in [-0.4, -0.2) is 33.6 Å². The highest BCUT2D eigenvalue weighted by atomic mass is 32.2. The van der Waals surface area contributed by atoms with Crippen LogP contribution in [0.25, 0.3) is 10.9 Å². The zero-order chi connectivity index (χ0) is 17.2. The fourth-order valence-electron chi connectivity index (χ4n) is 3.10. The van der Waals surface area contributed by atoms with Crippen LogP contribution in [0.4, 0.5) is 5.82 Å². The maximum Gasteiger partial charge on any atom is 0.217 e. The van der Waals surface area contributed by atoms with Gasteiger partial charge in [0.15, 0.2) is 0 Å². The van der Waals surface area contributed by atoms with Crippen LogP contribution in [0.15, 0.2) is 48.7 Å². The van der Waals surface area contributed by atoms with E-state index in [1.807, 2.05) is 40.8 Å². The monoisotopic (exact) mass is 353 g/mol. The first-order valence-corrected chi connectivity index (χ1v) is 9.56. The maximum atomic E-state index is 11.9. The van der Waals surface area contributed by atoms with Crippen LogP contribution in [0, 0.1) is 0 Å². The summed E-state index contributed by atoms with van der Waals surface area (Å²) in [5.41, 5.74) is 3.03. The average molecular weight is 353 g/mol. The van der Waals surface area contributed by atoms with Gasteiger partial charge in [0.1, 0.15) is 16.8 Å². The largest absolute Gasteiger partial charge is 0.481 e. The second-order valence-electron chi connectivity index (χ2n) is 6.03. The van der Waals surface area contributed by atoms with Gasteiger partial charge in [0.2, 0.25) is 5.88 Å². The molecule has 0 saturated carbocycles. The molecule has 0 bridgehead atoms. The molecule has 1 aromatic carbocycles. The Morgan fingerprint density at radius 1 is 1.24 bits per heavy atom. The normalized spacial score (nSPS) is 17.2. The van der Waals surface area contributed by atoms with E-state index in [0.717, 1.165) is 46.6 Å². The molecule has 1 fully saturated rings. The van der Waals surface area contributed by atoms with Gasteiger partial charge in [-0.3, -0.25) is 4.31 Å². The van der Waals surface area contributed by atoms with Gasteiger partial charge >= 0.3 is 0 Å². The van der Waals surface area contributed by atoms with Crippen LogP contribution in [0.2, 0.25) is 0 Å². The zero-order valence-electron chi connectivity index (χ0n) is 14.0. The Labute approximate surface area is 149 Å². The number of nitrogens with zero attached hydrogens (tertiary/aromatic N) is 3. The van der Waals surface area contributed by atoms with Crippen molar-refractivity contribution in [1.29, 1.82) is 0 Å². The molecule has 25 heavy (non-hydrogen) atoms. The maximum absolute atomic E-state index is 11.9. The van der Waals surface area contributed by atoms with Crippen LogP contribution < -0.4 is 9.04 Å². The van der Waals surface area contributed by atoms with Crippen LogP contribution in [-0.2, 0) is 17.4 Å². The molecule has 2 aromatic heterocycles. The number of rotatable bonds is 4. The van der Waals surface area contributed by atoms with Gasteiger partial charge < -0.3 is 4.74 Å². The highest BCUT2D eigenvalue weighted by Crippen LogP contribution is 2.25. The molecule has 1 saturated heterocycles. The van der Waals surface area contributed by atoms with Gasteiger partial charge in [-0.05, 0) is 30.2 Å². The first-order valence-electron chi connectivity index (χ1n) is 8.28. The summed E-state index contributed by atoms with van der Waals surface area (Å²) in [6, 6.07) is 14.1. The van der Waals surface area contributed by atoms with Crippen molar-refractivity contribution in [3.63, 3.8) is 0 Å². The SMILES string of the molecule is COc1nc2ccccc2cc1Cc1ccc(N2CCCS2=O)nc1. The lowest BCUT2D eigenvalue weighted by Gasteiger charge is -2.15.